The zero-order chi connectivity index (χ0) is 22.3. The van der Waals surface area contributed by atoms with Gasteiger partial charge in [-0.3, -0.25) is 4.79 Å². The Kier molecular flexibility index (Phi) is 8.38. The lowest BCUT2D eigenvalue weighted by molar-refractivity contribution is -0.141. The third-order valence-electron chi connectivity index (χ3n) is 4.32. The number of carbonyl (C=O) groups is 2. The van der Waals surface area contributed by atoms with Gasteiger partial charge in [0.1, 0.15) is 39.1 Å². The Hall–Kier alpha value is -2.90. The second-order valence-corrected chi connectivity index (χ2v) is 8.06. The molecule has 0 aliphatic heterocycles. The first kappa shape index (κ1) is 23.4. The van der Waals surface area contributed by atoms with Crippen LogP contribution in [0.25, 0.3) is 0 Å². The molecule has 30 heavy (non-hydrogen) atoms. The molecular weight excluding hydrogens is 426 g/mol. The Bertz CT molecular complexity index is 968. The van der Waals surface area contributed by atoms with E-state index in [1.165, 1.54) is 21.3 Å². The van der Waals surface area contributed by atoms with Crippen LogP contribution in [0.3, 0.4) is 0 Å². The number of nitrogens with zero attached hydrogens (tertiary/aromatic N) is 1. The van der Waals surface area contributed by atoms with Gasteiger partial charge < -0.3 is 25.3 Å². The van der Waals surface area contributed by atoms with Crippen LogP contribution in [-0.4, -0.2) is 51.1 Å². The fourth-order valence-electron chi connectivity index (χ4n) is 2.72. The van der Waals surface area contributed by atoms with Gasteiger partial charge in [-0.05, 0) is 36.6 Å². The molecule has 160 valence electrons. The van der Waals surface area contributed by atoms with Gasteiger partial charge in [-0.25, -0.2) is 4.79 Å². The maximum Gasteiger partial charge on any atom is 0.328 e. The van der Waals surface area contributed by atoms with E-state index in [0.29, 0.717) is 28.7 Å². The standard InChI is InChI=1S/C20H23N3O5S2/c1-26-11-5-6-15(27-2)12(9-11)17(24)18-16(22)13(10-21)19(30-18)23-14(7-8-29-4)20(25)28-3/h5-6,9,14,23H,7-8,22H2,1-4H3. The smallest absolute Gasteiger partial charge is 0.328 e. The fourth-order valence-corrected chi connectivity index (χ4v) is 4.27. The summed E-state index contributed by atoms with van der Waals surface area (Å²) in [5, 5.41) is 13.0. The Balaban J connectivity index is 2.47. The van der Waals surface area contributed by atoms with Crippen molar-refractivity contribution in [2.24, 2.45) is 0 Å². The lowest BCUT2D eigenvalue weighted by atomic mass is 10.1. The van der Waals surface area contributed by atoms with Gasteiger partial charge in [0.15, 0.2) is 0 Å². The van der Waals surface area contributed by atoms with Gasteiger partial charge >= 0.3 is 5.97 Å². The quantitative estimate of drug-likeness (QED) is 0.416. The van der Waals surface area contributed by atoms with Crippen LogP contribution in [0.15, 0.2) is 18.2 Å². The molecule has 1 aromatic carbocycles. The van der Waals surface area contributed by atoms with Crippen molar-refractivity contribution in [3.8, 4) is 17.6 Å². The van der Waals surface area contributed by atoms with E-state index in [1.54, 1.807) is 30.0 Å². The number of ether oxygens (including phenoxy) is 3. The summed E-state index contributed by atoms with van der Waals surface area (Å²) < 4.78 is 15.3. The summed E-state index contributed by atoms with van der Waals surface area (Å²) in [6.45, 7) is 0. The molecule has 10 heteroatoms. The molecule has 0 bridgehead atoms. The molecule has 0 spiro atoms. The van der Waals surface area contributed by atoms with E-state index in [9.17, 15) is 14.9 Å². The number of thioether (sulfide) groups is 1. The highest BCUT2D eigenvalue weighted by Gasteiger charge is 2.27. The molecular formula is C20H23N3O5S2. The van der Waals surface area contributed by atoms with Gasteiger partial charge in [-0.1, -0.05) is 0 Å². The molecule has 0 saturated heterocycles. The first-order valence-corrected chi connectivity index (χ1v) is 11.0. The zero-order valence-electron chi connectivity index (χ0n) is 17.1. The number of ketones is 1. The van der Waals surface area contributed by atoms with E-state index in [0.717, 1.165) is 11.3 Å². The third kappa shape index (κ3) is 4.98. The molecule has 3 N–H and O–H groups in total. The number of nitrogens with one attached hydrogen (secondary N) is 1. The molecule has 1 heterocycles. The first-order chi connectivity index (χ1) is 14.4. The van der Waals surface area contributed by atoms with Crippen molar-refractivity contribution in [1.29, 1.82) is 5.26 Å². The summed E-state index contributed by atoms with van der Waals surface area (Å²) in [6.07, 6.45) is 2.42. The highest BCUT2D eigenvalue weighted by atomic mass is 32.2. The minimum atomic E-state index is -0.665. The van der Waals surface area contributed by atoms with Crippen LogP contribution in [-0.2, 0) is 9.53 Å². The maximum atomic E-state index is 13.2. The molecule has 0 saturated carbocycles. The molecule has 2 aromatic rings. The largest absolute Gasteiger partial charge is 0.497 e. The summed E-state index contributed by atoms with van der Waals surface area (Å²) in [5.74, 6) is 0.686. The average Bonchev–Trinajstić information content (AvgIpc) is 3.09. The van der Waals surface area contributed by atoms with Gasteiger partial charge in [0, 0.05) is 0 Å². The summed E-state index contributed by atoms with van der Waals surface area (Å²) in [7, 11) is 4.25. The minimum absolute atomic E-state index is 0.0494. The number of nitrogens with two attached hydrogens (primary N) is 1. The Morgan fingerprint density at radius 3 is 2.60 bits per heavy atom. The third-order valence-corrected chi connectivity index (χ3v) is 6.10. The summed E-state index contributed by atoms with van der Waals surface area (Å²) in [4.78, 5) is 25.5. The molecule has 0 aliphatic rings. The fraction of sp³-hybridized carbons (Fsp3) is 0.350. The summed E-state index contributed by atoms with van der Waals surface area (Å²) in [6, 6.07) is 6.20. The van der Waals surface area contributed by atoms with Crippen molar-refractivity contribution in [3.05, 3.63) is 34.2 Å². The molecule has 1 aromatic heterocycles. The number of hydrogen-bond donors (Lipinski definition) is 2. The number of thiophene rings is 1. The topological polar surface area (TPSA) is 124 Å². The van der Waals surface area contributed by atoms with Crippen LogP contribution < -0.4 is 20.5 Å². The van der Waals surface area contributed by atoms with Crippen molar-refractivity contribution < 1.29 is 23.8 Å². The molecule has 0 aliphatic carbocycles. The number of benzene rings is 1. The lowest BCUT2D eigenvalue weighted by Crippen LogP contribution is -2.31. The van der Waals surface area contributed by atoms with Crippen molar-refractivity contribution in [2.45, 2.75) is 12.5 Å². The Labute approximate surface area is 183 Å². The van der Waals surface area contributed by atoms with Crippen LogP contribution in [0, 0.1) is 11.3 Å². The highest BCUT2D eigenvalue weighted by Crippen LogP contribution is 2.39. The number of carbonyl (C=O) groups excluding carboxylic acids is 2. The monoisotopic (exact) mass is 449 g/mol. The van der Waals surface area contributed by atoms with Gasteiger partial charge in [0.25, 0.3) is 0 Å². The SMILES string of the molecule is COC(=O)C(CCSC)Nc1sc(C(=O)c2cc(OC)ccc2OC)c(N)c1C#N. The number of hydrogen-bond acceptors (Lipinski definition) is 10. The average molecular weight is 450 g/mol. The van der Waals surface area contributed by atoms with Crippen LogP contribution in [0.5, 0.6) is 11.5 Å². The minimum Gasteiger partial charge on any atom is -0.497 e. The van der Waals surface area contributed by atoms with E-state index in [-0.39, 0.29) is 21.7 Å². The number of rotatable bonds is 10. The highest BCUT2D eigenvalue weighted by molar-refractivity contribution is 7.98. The number of anilines is 2. The number of nitrogen functional groups attached to an aromatic ring is 1. The predicted octanol–water partition coefficient (Wildman–Crippen LogP) is 3.16. The predicted molar refractivity (Wildman–Crippen MR) is 119 cm³/mol. The molecule has 1 unspecified atom stereocenters. The molecule has 0 radical (unpaired) electrons. The maximum absolute atomic E-state index is 13.2. The molecule has 8 nitrogen and oxygen atoms in total. The Morgan fingerprint density at radius 2 is 2.03 bits per heavy atom. The zero-order valence-corrected chi connectivity index (χ0v) is 18.7. The molecule has 0 amide bonds. The van der Waals surface area contributed by atoms with Gasteiger partial charge in [0.05, 0.1) is 32.6 Å². The summed E-state index contributed by atoms with van der Waals surface area (Å²) >= 11 is 2.60. The molecule has 1 atom stereocenters. The van der Waals surface area contributed by atoms with Gasteiger partial charge in [-0.2, -0.15) is 17.0 Å². The van der Waals surface area contributed by atoms with Crippen LogP contribution in [0.1, 0.15) is 27.2 Å². The van der Waals surface area contributed by atoms with E-state index in [1.807, 2.05) is 12.3 Å². The van der Waals surface area contributed by atoms with Gasteiger partial charge in [-0.15, -0.1) is 11.3 Å². The van der Waals surface area contributed by atoms with E-state index in [2.05, 4.69) is 5.32 Å². The van der Waals surface area contributed by atoms with Crippen LogP contribution in [0.2, 0.25) is 0 Å². The van der Waals surface area contributed by atoms with Crippen molar-refractivity contribution in [1.82, 2.24) is 0 Å². The molecule has 0 fully saturated rings. The van der Waals surface area contributed by atoms with Gasteiger partial charge in [0.2, 0.25) is 5.78 Å². The summed E-state index contributed by atoms with van der Waals surface area (Å²) in [5.41, 5.74) is 6.55. The van der Waals surface area contributed by atoms with Crippen molar-refractivity contribution >= 4 is 45.5 Å². The van der Waals surface area contributed by atoms with Crippen LogP contribution in [0.4, 0.5) is 10.7 Å². The van der Waals surface area contributed by atoms with Crippen molar-refractivity contribution in [3.63, 3.8) is 0 Å². The molecule has 2 rings (SSSR count). The van der Waals surface area contributed by atoms with E-state index in [4.69, 9.17) is 19.9 Å². The second-order valence-electron chi connectivity index (χ2n) is 6.06. The number of esters is 1. The van der Waals surface area contributed by atoms with Crippen molar-refractivity contribution in [2.75, 3.05) is 44.4 Å². The normalized spacial score (nSPS) is 11.3. The number of methoxy groups -OCH3 is 3. The van der Waals surface area contributed by atoms with E-state index >= 15 is 0 Å². The first-order valence-electron chi connectivity index (χ1n) is 8.84. The lowest BCUT2D eigenvalue weighted by Gasteiger charge is -2.16. The second kappa shape index (κ2) is 10.8. The van der Waals surface area contributed by atoms with E-state index < -0.39 is 17.8 Å². The van der Waals surface area contributed by atoms with Crippen LogP contribution >= 0.6 is 23.1 Å². The number of nitriles is 1. The Morgan fingerprint density at radius 1 is 1.30 bits per heavy atom.